The maximum Gasteiger partial charge on any atom is 0.224 e. The van der Waals surface area contributed by atoms with Crippen molar-refractivity contribution in [2.75, 3.05) is 19.0 Å². The third-order valence-corrected chi connectivity index (χ3v) is 2.36. The Hall–Kier alpha value is -1.03. The van der Waals surface area contributed by atoms with Crippen LogP contribution in [0.4, 0.5) is 0 Å². The molecule has 1 aromatic rings. The highest BCUT2D eigenvalue weighted by Crippen LogP contribution is 2.17. The fourth-order valence-corrected chi connectivity index (χ4v) is 1.47. The van der Waals surface area contributed by atoms with Crippen LogP contribution in [0.3, 0.4) is 0 Å². The molecule has 0 fully saturated rings. The monoisotopic (exact) mass is 271 g/mol. The lowest BCUT2D eigenvalue weighted by Crippen LogP contribution is -2.26. The van der Waals surface area contributed by atoms with E-state index in [2.05, 4.69) is 21.2 Å². The topological polar surface area (TPSA) is 38.3 Å². The molecule has 1 aromatic carbocycles. The molecule has 0 aliphatic rings. The second kappa shape index (κ2) is 6.45. The Labute approximate surface area is 97.9 Å². The predicted octanol–water partition coefficient (Wildman–Crippen LogP) is 1.75. The lowest BCUT2D eigenvalue weighted by molar-refractivity contribution is -0.120. The minimum absolute atomic E-state index is 0.0129. The third kappa shape index (κ3) is 3.91. The molecule has 0 saturated carbocycles. The maximum absolute atomic E-state index is 11.5. The molecular formula is C11H14BrNO2. The van der Waals surface area contributed by atoms with Crippen LogP contribution in [0.1, 0.15) is 5.56 Å². The number of nitrogens with one attached hydrogen (secondary N) is 1. The number of methoxy groups -OCH3 is 1. The van der Waals surface area contributed by atoms with Crippen molar-refractivity contribution in [1.29, 1.82) is 0 Å². The van der Waals surface area contributed by atoms with E-state index in [1.165, 1.54) is 0 Å². The van der Waals surface area contributed by atoms with Crippen LogP contribution in [0.15, 0.2) is 24.3 Å². The molecule has 4 heteroatoms. The van der Waals surface area contributed by atoms with Crippen LogP contribution in [-0.2, 0) is 11.2 Å². The van der Waals surface area contributed by atoms with Gasteiger partial charge in [-0.05, 0) is 6.07 Å². The van der Waals surface area contributed by atoms with Gasteiger partial charge in [0.2, 0.25) is 5.91 Å². The van der Waals surface area contributed by atoms with Gasteiger partial charge in [-0.25, -0.2) is 0 Å². The van der Waals surface area contributed by atoms with Gasteiger partial charge in [-0.3, -0.25) is 4.79 Å². The Bertz CT molecular complexity index is 328. The van der Waals surface area contributed by atoms with Crippen molar-refractivity contribution in [2.24, 2.45) is 0 Å². The quantitative estimate of drug-likeness (QED) is 0.829. The van der Waals surface area contributed by atoms with Crippen molar-refractivity contribution in [2.45, 2.75) is 6.42 Å². The number of carbonyl (C=O) groups excluding carboxylic acids is 1. The van der Waals surface area contributed by atoms with E-state index in [-0.39, 0.29) is 5.91 Å². The fraction of sp³-hybridized carbons (Fsp3) is 0.364. The van der Waals surface area contributed by atoms with E-state index in [1.54, 1.807) is 7.11 Å². The maximum atomic E-state index is 11.5. The van der Waals surface area contributed by atoms with Gasteiger partial charge in [-0.2, -0.15) is 0 Å². The molecule has 0 bridgehead atoms. The van der Waals surface area contributed by atoms with Crippen molar-refractivity contribution in [3.05, 3.63) is 29.8 Å². The van der Waals surface area contributed by atoms with Crippen molar-refractivity contribution in [3.63, 3.8) is 0 Å². The standard InChI is InChI=1S/C11H14BrNO2/c1-15-10-5-3-2-4-9(10)8-11(14)13-7-6-12/h2-5H,6-8H2,1H3,(H,13,14). The van der Waals surface area contributed by atoms with Gasteiger partial charge in [0.05, 0.1) is 13.5 Å². The van der Waals surface area contributed by atoms with Gasteiger partial charge in [0.25, 0.3) is 0 Å². The van der Waals surface area contributed by atoms with E-state index < -0.39 is 0 Å². The molecule has 0 radical (unpaired) electrons. The molecule has 0 aliphatic carbocycles. The summed E-state index contributed by atoms with van der Waals surface area (Å²) in [6.07, 6.45) is 0.358. The third-order valence-electron chi connectivity index (χ3n) is 1.96. The average Bonchev–Trinajstić information content (AvgIpc) is 2.27. The first-order valence-corrected chi connectivity index (χ1v) is 5.84. The number of hydrogen-bond acceptors (Lipinski definition) is 2. The van der Waals surface area contributed by atoms with Gasteiger partial charge in [0.1, 0.15) is 5.75 Å². The molecule has 0 unspecified atom stereocenters. The fourth-order valence-electron chi connectivity index (χ4n) is 1.27. The average molecular weight is 272 g/mol. The summed E-state index contributed by atoms with van der Waals surface area (Å²) in [5.41, 5.74) is 0.909. The molecule has 0 spiro atoms. The molecule has 0 saturated heterocycles. The van der Waals surface area contributed by atoms with Gasteiger partial charge in [-0.1, -0.05) is 34.1 Å². The number of alkyl halides is 1. The van der Waals surface area contributed by atoms with Gasteiger partial charge in [-0.15, -0.1) is 0 Å². The van der Waals surface area contributed by atoms with Gasteiger partial charge < -0.3 is 10.1 Å². The van der Waals surface area contributed by atoms with Gasteiger partial charge in [0.15, 0.2) is 0 Å². The van der Waals surface area contributed by atoms with E-state index in [1.807, 2.05) is 24.3 Å². The molecule has 1 N–H and O–H groups in total. The molecule has 0 aliphatic heterocycles. The summed E-state index contributed by atoms with van der Waals surface area (Å²) in [7, 11) is 1.61. The number of rotatable bonds is 5. The predicted molar refractivity (Wildman–Crippen MR) is 63.5 cm³/mol. The SMILES string of the molecule is COc1ccccc1CC(=O)NCCBr. The van der Waals surface area contributed by atoms with Crippen LogP contribution in [0.2, 0.25) is 0 Å². The van der Waals surface area contributed by atoms with Crippen LogP contribution >= 0.6 is 15.9 Å². The summed E-state index contributed by atoms with van der Waals surface area (Å²) in [6, 6.07) is 7.54. The largest absolute Gasteiger partial charge is 0.496 e. The number of para-hydroxylation sites is 1. The first-order valence-electron chi connectivity index (χ1n) is 4.72. The summed E-state index contributed by atoms with van der Waals surface area (Å²) in [5.74, 6) is 0.769. The lowest BCUT2D eigenvalue weighted by atomic mass is 10.1. The summed E-state index contributed by atoms with van der Waals surface area (Å²) in [5, 5.41) is 3.56. The van der Waals surface area contributed by atoms with Crippen LogP contribution in [0.5, 0.6) is 5.75 Å². The van der Waals surface area contributed by atoms with Crippen molar-refractivity contribution in [1.82, 2.24) is 5.32 Å². The molecule has 0 aromatic heterocycles. The molecule has 0 atom stereocenters. The highest BCUT2D eigenvalue weighted by Gasteiger charge is 2.06. The highest BCUT2D eigenvalue weighted by molar-refractivity contribution is 9.09. The van der Waals surface area contributed by atoms with E-state index in [0.29, 0.717) is 13.0 Å². The highest BCUT2D eigenvalue weighted by atomic mass is 79.9. The van der Waals surface area contributed by atoms with Crippen LogP contribution in [0, 0.1) is 0 Å². The zero-order valence-electron chi connectivity index (χ0n) is 8.63. The summed E-state index contributed by atoms with van der Waals surface area (Å²) in [4.78, 5) is 11.5. The number of amides is 1. The minimum atomic E-state index is 0.0129. The molecule has 15 heavy (non-hydrogen) atoms. The second-order valence-corrected chi connectivity index (χ2v) is 3.82. The minimum Gasteiger partial charge on any atom is -0.496 e. The number of carbonyl (C=O) groups is 1. The van der Waals surface area contributed by atoms with E-state index in [4.69, 9.17) is 4.74 Å². The van der Waals surface area contributed by atoms with Gasteiger partial charge >= 0.3 is 0 Å². The molecule has 1 rings (SSSR count). The first-order chi connectivity index (χ1) is 7.27. The lowest BCUT2D eigenvalue weighted by Gasteiger charge is -2.07. The zero-order valence-corrected chi connectivity index (χ0v) is 10.2. The van der Waals surface area contributed by atoms with Crippen LogP contribution < -0.4 is 10.1 Å². The Balaban J connectivity index is 2.59. The molecule has 3 nitrogen and oxygen atoms in total. The van der Waals surface area contributed by atoms with E-state index >= 15 is 0 Å². The number of benzene rings is 1. The summed E-state index contributed by atoms with van der Waals surface area (Å²) < 4.78 is 5.16. The van der Waals surface area contributed by atoms with Crippen molar-refractivity contribution in [3.8, 4) is 5.75 Å². The Morgan fingerprint density at radius 1 is 1.47 bits per heavy atom. The number of hydrogen-bond donors (Lipinski definition) is 1. The Morgan fingerprint density at radius 3 is 2.87 bits per heavy atom. The van der Waals surface area contributed by atoms with Crippen LogP contribution in [0.25, 0.3) is 0 Å². The van der Waals surface area contributed by atoms with Gasteiger partial charge in [0, 0.05) is 17.4 Å². The Morgan fingerprint density at radius 2 is 2.20 bits per heavy atom. The molecule has 0 heterocycles. The van der Waals surface area contributed by atoms with Crippen molar-refractivity contribution < 1.29 is 9.53 Å². The van der Waals surface area contributed by atoms with Crippen LogP contribution in [-0.4, -0.2) is 24.9 Å². The summed E-state index contributed by atoms with van der Waals surface area (Å²) in [6.45, 7) is 0.647. The Kier molecular flexibility index (Phi) is 5.18. The zero-order chi connectivity index (χ0) is 11.1. The second-order valence-electron chi connectivity index (χ2n) is 3.03. The first kappa shape index (κ1) is 12.0. The molecule has 82 valence electrons. The molecular weight excluding hydrogens is 258 g/mol. The number of ether oxygens (including phenoxy) is 1. The number of halogens is 1. The summed E-state index contributed by atoms with van der Waals surface area (Å²) >= 11 is 3.25. The molecule has 1 amide bonds. The smallest absolute Gasteiger partial charge is 0.224 e. The van der Waals surface area contributed by atoms with E-state index in [0.717, 1.165) is 16.6 Å². The normalized spacial score (nSPS) is 9.73. The van der Waals surface area contributed by atoms with E-state index in [9.17, 15) is 4.79 Å². The van der Waals surface area contributed by atoms with Crippen molar-refractivity contribution >= 4 is 21.8 Å².